The van der Waals surface area contributed by atoms with Crippen molar-refractivity contribution in [2.75, 3.05) is 20.3 Å². The van der Waals surface area contributed by atoms with Crippen molar-refractivity contribution in [1.29, 1.82) is 0 Å². The zero-order chi connectivity index (χ0) is 21.0. The molecule has 0 saturated carbocycles. The van der Waals surface area contributed by atoms with E-state index in [2.05, 4.69) is 4.40 Å². The van der Waals surface area contributed by atoms with Gasteiger partial charge >= 0.3 is 5.97 Å². The first-order valence-electron chi connectivity index (χ1n) is 9.03. The highest BCUT2D eigenvalue weighted by Gasteiger charge is 2.16. The summed E-state index contributed by atoms with van der Waals surface area (Å²) in [7, 11) is -2.56. The number of methoxy groups -OCH3 is 1. The van der Waals surface area contributed by atoms with Crippen LogP contribution in [0.2, 0.25) is 0 Å². The summed E-state index contributed by atoms with van der Waals surface area (Å²) in [5, 5.41) is 0. The van der Waals surface area contributed by atoms with Crippen LogP contribution in [-0.2, 0) is 26.0 Å². The van der Waals surface area contributed by atoms with Gasteiger partial charge in [-0.05, 0) is 44.2 Å². The van der Waals surface area contributed by atoms with E-state index in [4.69, 9.17) is 9.47 Å². The Balaban J connectivity index is 2.15. The number of carbonyl (C=O) groups excluding carboxylic acids is 1. The van der Waals surface area contributed by atoms with Gasteiger partial charge in [0.2, 0.25) is 4.80 Å². The average Bonchev–Trinajstić information content (AvgIpc) is 3.03. The third kappa shape index (κ3) is 4.75. The van der Waals surface area contributed by atoms with E-state index in [1.54, 1.807) is 47.0 Å². The van der Waals surface area contributed by atoms with Crippen molar-refractivity contribution >= 4 is 37.5 Å². The molecule has 0 aliphatic carbocycles. The van der Waals surface area contributed by atoms with Crippen LogP contribution < -0.4 is 4.80 Å². The second kappa shape index (κ2) is 8.89. The molecule has 7 nitrogen and oxygen atoms in total. The molecular formula is C20H22N2O5S2. The van der Waals surface area contributed by atoms with Crippen molar-refractivity contribution in [1.82, 2.24) is 4.57 Å². The number of ether oxygens (including phenoxy) is 2. The lowest BCUT2D eigenvalue weighted by Gasteiger charge is -2.06. The molecule has 154 valence electrons. The van der Waals surface area contributed by atoms with Crippen LogP contribution in [0.15, 0.2) is 51.8 Å². The number of nitrogens with zero attached hydrogens (tertiary/aromatic N) is 2. The van der Waals surface area contributed by atoms with E-state index in [1.807, 2.05) is 13.8 Å². The fourth-order valence-electron chi connectivity index (χ4n) is 2.77. The van der Waals surface area contributed by atoms with Crippen molar-refractivity contribution in [3.63, 3.8) is 0 Å². The van der Waals surface area contributed by atoms with Gasteiger partial charge in [0.05, 0.1) is 34.4 Å². The Hall–Kier alpha value is -2.49. The van der Waals surface area contributed by atoms with Crippen LogP contribution >= 0.6 is 11.3 Å². The summed E-state index contributed by atoms with van der Waals surface area (Å²) < 4.78 is 42.5. The Morgan fingerprint density at radius 2 is 1.90 bits per heavy atom. The largest absolute Gasteiger partial charge is 0.465 e. The molecule has 1 aromatic heterocycles. The molecule has 0 fully saturated rings. The first kappa shape index (κ1) is 21.2. The Labute approximate surface area is 173 Å². The van der Waals surface area contributed by atoms with Gasteiger partial charge in [0.1, 0.15) is 0 Å². The zero-order valence-corrected chi connectivity index (χ0v) is 18.0. The minimum Gasteiger partial charge on any atom is -0.465 e. The Bertz CT molecular complexity index is 1190. The van der Waals surface area contributed by atoms with Crippen molar-refractivity contribution in [2.45, 2.75) is 25.3 Å². The highest BCUT2D eigenvalue weighted by molar-refractivity contribution is 7.90. The number of aryl methyl sites for hydroxylation is 1. The van der Waals surface area contributed by atoms with Crippen LogP contribution in [0, 0.1) is 6.92 Å². The summed E-state index contributed by atoms with van der Waals surface area (Å²) in [5.74, 6) is -0.452. The van der Waals surface area contributed by atoms with Gasteiger partial charge in [0.25, 0.3) is 10.0 Å². The third-order valence-corrected chi connectivity index (χ3v) is 6.72. The van der Waals surface area contributed by atoms with Gasteiger partial charge < -0.3 is 14.0 Å². The first-order valence-corrected chi connectivity index (χ1v) is 11.3. The summed E-state index contributed by atoms with van der Waals surface area (Å²) in [4.78, 5) is 12.3. The fraction of sp³-hybridized carbons (Fsp3) is 0.300. The van der Waals surface area contributed by atoms with Crippen LogP contribution in [0.1, 0.15) is 22.8 Å². The first-order chi connectivity index (χ1) is 13.9. The second-order valence-electron chi connectivity index (χ2n) is 6.29. The monoisotopic (exact) mass is 434 g/mol. The van der Waals surface area contributed by atoms with Gasteiger partial charge in [-0.25, -0.2) is 4.79 Å². The van der Waals surface area contributed by atoms with E-state index in [-0.39, 0.29) is 4.90 Å². The van der Waals surface area contributed by atoms with E-state index in [0.717, 1.165) is 15.8 Å². The third-order valence-electron chi connectivity index (χ3n) is 4.28. The van der Waals surface area contributed by atoms with E-state index in [9.17, 15) is 13.2 Å². The van der Waals surface area contributed by atoms with Gasteiger partial charge in [-0.15, -0.1) is 4.40 Å². The lowest BCUT2D eigenvalue weighted by molar-refractivity contribution is 0.0601. The number of esters is 1. The lowest BCUT2D eigenvalue weighted by atomic mass is 10.2. The second-order valence-corrected chi connectivity index (χ2v) is 8.90. The van der Waals surface area contributed by atoms with Crippen LogP contribution in [0.4, 0.5) is 0 Å². The number of carbonyl (C=O) groups is 1. The number of sulfonamides is 1. The number of thiazole rings is 1. The molecule has 1 heterocycles. The number of benzene rings is 2. The predicted octanol–water partition coefficient (Wildman–Crippen LogP) is 3.12. The van der Waals surface area contributed by atoms with Crippen LogP contribution in [0.5, 0.6) is 0 Å². The molecule has 9 heteroatoms. The zero-order valence-electron chi connectivity index (χ0n) is 16.4. The molecule has 0 aliphatic heterocycles. The molecule has 3 aromatic rings. The maximum atomic E-state index is 12.8. The summed E-state index contributed by atoms with van der Waals surface area (Å²) >= 11 is 1.20. The highest BCUT2D eigenvalue weighted by atomic mass is 32.2. The molecule has 0 spiro atoms. The average molecular weight is 435 g/mol. The normalized spacial score (nSPS) is 12.4. The predicted molar refractivity (Wildman–Crippen MR) is 112 cm³/mol. The van der Waals surface area contributed by atoms with Crippen LogP contribution in [0.25, 0.3) is 10.2 Å². The highest BCUT2D eigenvalue weighted by Crippen LogP contribution is 2.21. The van der Waals surface area contributed by atoms with Crippen molar-refractivity contribution in [3.05, 3.63) is 58.4 Å². The van der Waals surface area contributed by atoms with Crippen LogP contribution in [0.3, 0.4) is 0 Å². The summed E-state index contributed by atoms with van der Waals surface area (Å²) in [6.07, 6.45) is 0. The molecule has 0 atom stereocenters. The summed E-state index contributed by atoms with van der Waals surface area (Å²) in [5.41, 5.74) is 2.14. The summed E-state index contributed by atoms with van der Waals surface area (Å²) in [6, 6.07) is 11.7. The van der Waals surface area contributed by atoms with Gasteiger partial charge in [0, 0.05) is 13.2 Å². The molecule has 0 saturated heterocycles. The topological polar surface area (TPSA) is 87.0 Å². The molecule has 0 amide bonds. The minimum atomic E-state index is -3.88. The molecule has 2 aromatic carbocycles. The van der Waals surface area contributed by atoms with E-state index < -0.39 is 16.0 Å². The smallest absolute Gasteiger partial charge is 0.337 e. The van der Waals surface area contributed by atoms with E-state index in [1.165, 1.54) is 18.4 Å². The van der Waals surface area contributed by atoms with Crippen molar-refractivity contribution in [2.24, 2.45) is 4.40 Å². The molecular weight excluding hydrogens is 412 g/mol. The number of aromatic nitrogens is 1. The number of hydrogen-bond acceptors (Lipinski definition) is 6. The number of rotatable bonds is 7. The molecule has 0 bridgehead atoms. The van der Waals surface area contributed by atoms with Gasteiger partial charge in [0.15, 0.2) is 0 Å². The minimum absolute atomic E-state index is 0.132. The molecule has 0 aliphatic rings. The SMILES string of the molecule is CCOCCn1c(=NS(=O)(=O)c2ccc(C)cc2)sc2cc(C(=O)OC)ccc21. The molecule has 0 unspecified atom stereocenters. The maximum Gasteiger partial charge on any atom is 0.337 e. The van der Waals surface area contributed by atoms with Crippen molar-refractivity contribution < 1.29 is 22.7 Å². The standard InChI is InChI=1S/C20H22N2O5S2/c1-4-27-12-11-22-17-10-7-15(19(23)26-3)13-18(17)28-20(22)21-29(24,25)16-8-5-14(2)6-9-16/h5-10,13H,4,11-12H2,1-3H3. The quantitative estimate of drug-likeness (QED) is 0.421. The molecule has 0 N–H and O–H groups in total. The van der Waals surface area contributed by atoms with Gasteiger partial charge in [-0.2, -0.15) is 8.42 Å². The summed E-state index contributed by atoms with van der Waals surface area (Å²) in [6.45, 7) is 5.20. The molecule has 0 radical (unpaired) electrons. The maximum absolute atomic E-state index is 12.8. The van der Waals surface area contributed by atoms with Gasteiger partial charge in [-0.3, -0.25) is 0 Å². The number of hydrogen-bond donors (Lipinski definition) is 0. The molecule has 29 heavy (non-hydrogen) atoms. The molecule has 3 rings (SSSR count). The number of fused-ring (bicyclic) bond motifs is 1. The Morgan fingerprint density at radius 3 is 2.55 bits per heavy atom. The van der Waals surface area contributed by atoms with Crippen LogP contribution in [-0.4, -0.2) is 39.3 Å². The van der Waals surface area contributed by atoms with Gasteiger partial charge in [-0.1, -0.05) is 29.0 Å². The Morgan fingerprint density at radius 1 is 1.17 bits per heavy atom. The van der Waals surface area contributed by atoms with E-state index in [0.29, 0.717) is 30.1 Å². The van der Waals surface area contributed by atoms with Crippen molar-refractivity contribution in [3.8, 4) is 0 Å². The lowest BCUT2D eigenvalue weighted by Crippen LogP contribution is -2.20. The Kier molecular flexibility index (Phi) is 6.51. The fourth-order valence-corrected chi connectivity index (χ4v) is 5.07. The van der Waals surface area contributed by atoms with E-state index >= 15 is 0 Å².